The predicted octanol–water partition coefficient (Wildman–Crippen LogP) is 2.28. The molecule has 0 atom stereocenters. The van der Waals surface area contributed by atoms with Gasteiger partial charge in [-0.2, -0.15) is 0 Å². The molecule has 1 aromatic carbocycles. The van der Waals surface area contributed by atoms with Crippen molar-refractivity contribution in [1.29, 1.82) is 0 Å². The van der Waals surface area contributed by atoms with Crippen molar-refractivity contribution in [2.75, 3.05) is 0 Å². The minimum absolute atomic E-state index is 0.0319. The van der Waals surface area contributed by atoms with Crippen LogP contribution < -0.4 is 5.73 Å². The third kappa shape index (κ3) is 1.81. The number of hydrogen-bond acceptors (Lipinski definition) is 1. The zero-order valence-corrected chi connectivity index (χ0v) is 7.79. The highest BCUT2D eigenvalue weighted by Crippen LogP contribution is 2.39. The van der Waals surface area contributed by atoms with E-state index in [9.17, 15) is 0 Å². The summed E-state index contributed by atoms with van der Waals surface area (Å²) in [6, 6.07) is 10.4. The maximum atomic E-state index is 6.04. The van der Waals surface area contributed by atoms with Crippen molar-refractivity contribution in [3.8, 4) is 0 Å². The second kappa shape index (κ2) is 3.00. The van der Waals surface area contributed by atoms with Crippen LogP contribution in [0.25, 0.3) is 0 Å². The van der Waals surface area contributed by atoms with Gasteiger partial charge in [0.25, 0.3) is 0 Å². The van der Waals surface area contributed by atoms with Gasteiger partial charge in [0.1, 0.15) is 0 Å². The van der Waals surface area contributed by atoms with Crippen molar-refractivity contribution in [2.45, 2.75) is 24.8 Å². The highest BCUT2D eigenvalue weighted by Gasteiger charge is 2.40. The minimum Gasteiger partial charge on any atom is -0.322 e. The lowest BCUT2D eigenvalue weighted by atomic mass is 9.99. The normalized spacial score (nSPS) is 18.2. The number of nitrogens with two attached hydrogens (primary N) is 1. The van der Waals surface area contributed by atoms with Crippen molar-refractivity contribution in [2.24, 2.45) is 5.73 Å². The molecule has 1 aliphatic rings. The molecule has 0 heterocycles. The van der Waals surface area contributed by atoms with Crippen LogP contribution in [0.4, 0.5) is 0 Å². The Bertz CT molecular complexity index is 309. The van der Waals surface area contributed by atoms with Crippen LogP contribution in [0.2, 0.25) is 0 Å². The van der Waals surface area contributed by atoms with E-state index >= 15 is 0 Å². The Morgan fingerprint density at radius 1 is 1.31 bits per heavy atom. The Morgan fingerprint density at radius 3 is 2.46 bits per heavy atom. The van der Waals surface area contributed by atoms with Crippen molar-refractivity contribution in [3.63, 3.8) is 0 Å². The quantitative estimate of drug-likeness (QED) is 0.697. The lowest BCUT2D eigenvalue weighted by molar-refractivity contribution is 0.767. The van der Waals surface area contributed by atoms with Gasteiger partial charge in [0.15, 0.2) is 0 Å². The maximum Gasteiger partial charge on any atom is 0.0371 e. The van der Waals surface area contributed by atoms with Crippen LogP contribution in [0, 0.1) is 0 Å². The van der Waals surface area contributed by atoms with E-state index in [1.54, 1.807) is 0 Å². The Hall–Kier alpha value is -1.08. The molecule has 0 bridgehead atoms. The largest absolute Gasteiger partial charge is 0.322 e. The van der Waals surface area contributed by atoms with E-state index in [-0.39, 0.29) is 5.54 Å². The van der Waals surface area contributed by atoms with Gasteiger partial charge in [0, 0.05) is 5.54 Å². The molecule has 0 spiro atoms. The zero-order valence-electron chi connectivity index (χ0n) is 7.79. The topological polar surface area (TPSA) is 26.0 Å². The van der Waals surface area contributed by atoms with Crippen LogP contribution in [0.3, 0.4) is 0 Å². The van der Waals surface area contributed by atoms with Crippen LogP contribution in [0.1, 0.15) is 18.4 Å². The summed E-state index contributed by atoms with van der Waals surface area (Å²) in [4.78, 5) is 0. The first-order chi connectivity index (χ1) is 6.21. The predicted molar refractivity (Wildman–Crippen MR) is 55.4 cm³/mol. The second-order valence-electron chi connectivity index (χ2n) is 3.92. The molecule has 0 unspecified atom stereocenters. The highest BCUT2D eigenvalue weighted by atomic mass is 14.8. The molecule has 1 fully saturated rings. The molecular formula is C12H15N. The summed E-state index contributed by atoms with van der Waals surface area (Å²) in [6.07, 6.45) is 3.15. The zero-order chi connectivity index (χ0) is 9.31. The van der Waals surface area contributed by atoms with Crippen molar-refractivity contribution >= 4 is 0 Å². The molecule has 13 heavy (non-hydrogen) atoms. The van der Waals surface area contributed by atoms with E-state index in [1.807, 2.05) is 6.07 Å². The van der Waals surface area contributed by atoms with Gasteiger partial charge in [0.2, 0.25) is 0 Å². The molecule has 1 heteroatoms. The van der Waals surface area contributed by atoms with Gasteiger partial charge in [0.05, 0.1) is 0 Å². The smallest absolute Gasteiger partial charge is 0.0371 e. The van der Waals surface area contributed by atoms with Gasteiger partial charge in [-0.05, 0) is 24.8 Å². The average molecular weight is 173 g/mol. The standard InChI is InChI=1S/C12H15N/c1-10(12(13)7-8-12)9-11-5-3-2-4-6-11/h2-6H,1,7-9,13H2. The summed E-state index contributed by atoms with van der Waals surface area (Å²) in [5.41, 5.74) is 8.50. The molecule has 1 nitrogen and oxygen atoms in total. The van der Waals surface area contributed by atoms with Gasteiger partial charge >= 0.3 is 0 Å². The van der Waals surface area contributed by atoms with E-state index in [2.05, 4.69) is 30.8 Å². The molecule has 0 aromatic heterocycles. The summed E-state index contributed by atoms with van der Waals surface area (Å²) in [7, 11) is 0. The molecule has 1 aliphatic carbocycles. The molecule has 1 aromatic rings. The maximum absolute atomic E-state index is 6.04. The summed E-state index contributed by atoms with van der Waals surface area (Å²) >= 11 is 0. The highest BCUT2D eigenvalue weighted by molar-refractivity contribution is 5.30. The first kappa shape index (κ1) is 8.52. The molecule has 0 saturated heterocycles. The first-order valence-corrected chi connectivity index (χ1v) is 4.72. The van der Waals surface area contributed by atoms with Gasteiger partial charge in [-0.15, -0.1) is 0 Å². The summed E-state index contributed by atoms with van der Waals surface area (Å²) < 4.78 is 0. The van der Waals surface area contributed by atoms with Crippen LogP contribution in [-0.2, 0) is 6.42 Å². The molecular weight excluding hydrogens is 158 g/mol. The third-order valence-corrected chi connectivity index (χ3v) is 2.75. The monoisotopic (exact) mass is 173 g/mol. The number of benzene rings is 1. The van der Waals surface area contributed by atoms with Crippen molar-refractivity contribution < 1.29 is 0 Å². The number of hydrogen-bond donors (Lipinski definition) is 1. The Morgan fingerprint density at radius 2 is 1.92 bits per heavy atom. The van der Waals surface area contributed by atoms with Crippen LogP contribution in [0.15, 0.2) is 42.5 Å². The minimum atomic E-state index is -0.0319. The van der Waals surface area contributed by atoms with Crippen molar-refractivity contribution in [1.82, 2.24) is 0 Å². The lowest BCUT2D eigenvalue weighted by Crippen LogP contribution is -2.24. The molecule has 2 N–H and O–H groups in total. The van der Waals surface area contributed by atoms with Gasteiger partial charge in [-0.1, -0.05) is 42.5 Å². The summed E-state index contributed by atoms with van der Waals surface area (Å²) in [5, 5.41) is 0. The Balaban J connectivity index is 2.03. The molecule has 68 valence electrons. The number of rotatable bonds is 3. The molecule has 1 saturated carbocycles. The average Bonchev–Trinajstić information content (AvgIpc) is 2.87. The van der Waals surface area contributed by atoms with Crippen molar-refractivity contribution in [3.05, 3.63) is 48.0 Å². The van der Waals surface area contributed by atoms with E-state index in [0.29, 0.717) is 0 Å². The Labute approximate surface area is 79.3 Å². The van der Waals surface area contributed by atoms with Gasteiger partial charge < -0.3 is 5.73 Å². The van der Waals surface area contributed by atoms with Gasteiger partial charge in [-0.25, -0.2) is 0 Å². The fourth-order valence-corrected chi connectivity index (χ4v) is 1.51. The molecule has 0 amide bonds. The molecule has 2 rings (SSSR count). The van der Waals surface area contributed by atoms with Crippen LogP contribution >= 0.6 is 0 Å². The summed E-state index contributed by atoms with van der Waals surface area (Å²) in [6.45, 7) is 4.06. The first-order valence-electron chi connectivity index (χ1n) is 4.72. The SMILES string of the molecule is C=C(Cc1ccccc1)C1(N)CC1. The van der Waals surface area contributed by atoms with E-state index in [0.717, 1.165) is 19.3 Å². The molecule has 0 aliphatic heterocycles. The van der Waals surface area contributed by atoms with Gasteiger partial charge in [-0.3, -0.25) is 0 Å². The second-order valence-corrected chi connectivity index (χ2v) is 3.92. The Kier molecular flexibility index (Phi) is 1.97. The van der Waals surface area contributed by atoms with Crippen LogP contribution in [-0.4, -0.2) is 5.54 Å². The van der Waals surface area contributed by atoms with E-state index in [1.165, 1.54) is 11.1 Å². The van der Waals surface area contributed by atoms with Crippen LogP contribution in [0.5, 0.6) is 0 Å². The third-order valence-electron chi connectivity index (χ3n) is 2.75. The fraction of sp³-hybridized carbons (Fsp3) is 0.333. The van der Waals surface area contributed by atoms with E-state index < -0.39 is 0 Å². The lowest BCUT2D eigenvalue weighted by Gasteiger charge is -2.12. The molecule has 0 radical (unpaired) electrons. The summed E-state index contributed by atoms with van der Waals surface area (Å²) in [5.74, 6) is 0. The van der Waals surface area contributed by atoms with E-state index in [4.69, 9.17) is 5.73 Å². The fourth-order valence-electron chi connectivity index (χ4n) is 1.51.